The van der Waals surface area contributed by atoms with Crippen LogP contribution in [0.1, 0.15) is 25.7 Å². The third-order valence-electron chi connectivity index (χ3n) is 5.37. The monoisotopic (exact) mass is 362 g/mol. The van der Waals surface area contributed by atoms with Crippen molar-refractivity contribution in [1.82, 2.24) is 4.98 Å². The van der Waals surface area contributed by atoms with E-state index in [4.69, 9.17) is 9.47 Å². The molecule has 2 aromatic rings. The molecule has 4 rings (SSSR count). The van der Waals surface area contributed by atoms with E-state index < -0.39 is 35.7 Å². The predicted molar refractivity (Wildman–Crippen MR) is 88.2 cm³/mol. The van der Waals surface area contributed by atoms with Gasteiger partial charge in [-0.25, -0.2) is 4.79 Å². The Kier molecular flexibility index (Phi) is 4.05. The number of aliphatic hydroxyl groups excluding tert-OH is 2. The Morgan fingerprint density at radius 2 is 1.88 bits per heavy atom. The van der Waals surface area contributed by atoms with E-state index in [1.165, 1.54) is 6.20 Å². The Bertz CT molecular complexity index is 828. The number of benzene rings is 1. The fourth-order valence-electron chi connectivity index (χ4n) is 3.86. The van der Waals surface area contributed by atoms with Gasteiger partial charge in [-0.2, -0.15) is 0 Å². The molecule has 0 spiro atoms. The van der Waals surface area contributed by atoms with E-state index in [9.17, 15) is 25.2 Å². The average Bonchev–Trinajstić information content (AvgIpc) is 3.31. The molecule has 1 saturated heterocycles. The van der Waals surface area contributed by atoms with E-state index in [0.29, 0.717) is 23.7 Å². The molecule has 2 fully saturated rings. The molecule has 1 aliphatic carbocycles. The highest BCUT2D eigenvalue weighted by Gasteiger charge is 2.66. The molecule has 8 heteroatoms. The number of carbonyl (C=O) groups excluding carboxylic acids is 1. The quantitative estimate of drug-likeness (QED) is 0.553. The van der Waals surface area contributed by atoms with Crippen molar-refractivity contribution < 1.29 is 34.7 Å². The van der Waals surface area contributed by atoms with Gasteiger partial charge in [0.05, 0.1) is 0 Å². The Morgan fingerprint density at radius 1 is 1.19 bits per heavy atom. The number of rotatable bonds is 3. The first-order valence-corrected chi connectivity index (χ1v) is 8.56. The predicted octanol–water partition coefficient (Wildman–Crippen LogP) is -0.183. The van der Waals surface area contributed by atoms with Gasteiger partial charge in [0.1, 0.15) is 23.6 Å². The molecule has 1 aromatic heterocycles. The summed E-state index contributed by atoms with van der Waals surface area (Å²) >= 11 is 0. The molecule has 2 aliphatic rings. The second-order valence-corrected chi connectivity index (χ2v) is 6.97. The molecule has 4 unspecified atom stereocenters. The highest BCUT2D eigenvalue weighted by atomic mass is 16.7. The lowest BCUT2D eigenvalue weighted by Gasteiger charge is -2.39. The van der Waals surface area contributed by atoms with E-state index in [1.807, 2.05) is 0 Å². The molecular formula is C18H20NO7-. The highest BCUT2D eigenvalue weighted by molar-refractivity contribution is 5.89. The molecule has 2 heterocycles. The number of nitrogens with zero attached hydrogens (tertiary/aromatic N) is 1. The van der Waals surface area contributed by atoms with Crippen molar-refractivity contribution in [3.8, 4) is 5.75 Å². The number of hydrogen-bond acceptors (Lipinski definition) is 7. The van der Waals surface area contributed by atoms with Gasteiger partial charge < -0.3 is 34.9 Å². The van der Waals surface area contributed by atoms with Crippen LogP contribution in [-0.2, 0) is 9.53 Å². The second-order valence-electron chi connectivity index (χ2n) is 6.97. The fraction of sp³-hybridized carbons (Fsp3) is 0.500. The summed E-state index contributed by atoms with van der Waals surface area (Å²) in [5, 5.41) is 42.4. The first-order valence-electron chi connectivity index (χ1n) is 8.56. The van der Waals surface area contributed by atoms with Crippen LogP contribution in [0.5, 0.6) is 5.75 Å². The van der Waals surface area contributed by atoms with Crippen LogP contribution >= 0.6 is 0 Å². The molecule has 0 radical (unpaired) electrons. The van der Waals surface area contributed by atoms with Gasteiger partial charge in [0.25, 0.3) is 0 Å². The number of ether oxygens (including phenoxy) is 2. The van der Waals surface area contributed by atoms with Crippen molar-refractivity contribution in [3.63, 3.8) is 0 Å². The summed E-state index contributed by atoms with van der Waals surface area (Å²) in [4.78, 5) is 16.6. The number of aromatic nitrogens is 1. The average molecular weight is 362 g/mol. The number of esters is 1. The first-order chi connectivity index (χ1) is 12.4. The highest BCUT2D eigenvalue weighted by Crippen LogP contribution is 2.46. The smallest absolute Gasteiger partial charge is 0.343 e. The molecule has 1 aliphatic heterocycles. The van der Waals surface area contributed by atoms with Crippen LogP contribution in [0, 0.1) is 0 Å². The summed E-state index contributed by atoms with van der Waals surface area (Å²) in [7, 11) is 0. The summed E-state index contributed by atoms with van der Waals surface area (Å²) < 4.78 is 10.6. The topological polar surface area (TPSA) is 131 Å². The van der Waals surface area contributed by atoms with Crippen molar-refractivity contribution >= 4 is 16.9 Å². The molecule has 1 saturated carbocycles. The van der Waals surface area contributed by atoms with Gasteiger partial charge in [-0.3, -0.25) is 0 Å². The van der Waals surface area contributed by atoms with Crippen LogP contribution in [0.4, 0.5) is 0 Å². The van der Waals surface area contributed by atoms with Gasteiger partial charge in [0.15, 0.2) is 6.10 Å². The minimum absolute atomic E-state index is 0.186. The van der Waals surface area contributed by atoms with Crippen LogP contribution in [0.25, 0.3) is 10.9 Å². The maximum atomic E-state index is 12.5. The van der Waals surface area contributed by atoms with Gasteiger partial charge in [0.2, 0.25) is 5.79 Å². The van der Waals surface area contributed by atoms with Crippen molar-refractivity contribution in [3.05, 3.63) is 30.5 Å². The zero-order valence-corrected chi connectivity index (χ0v) is 13.9. The van der Waals surface area contributed by atoms with E-state index in [2.05, 4.69) is 4.98 Å². The van der Waals surface area contributed by atoms with E-state index in [-0.39, 0.29) is 18.6 Å². The largest absolute Gasteiger partial charge is 0.661 e. The molecule has 26 heavy (non-hydrogen) atoms. The van der Waals surface area contributed by atoms with Crippen LogP contribution in [0.2, 0.25) is 0 Å². The number of hydrogen-bond donors (Lipinski definition) is 4. The Morgan fingerprint density at radius 3 is 2.62 bits per heavy atom. The zero-order chi connectivity index (χ0) is 18.5. The molecule has 4 atom stereocenters. The lowest BCUT2D eigenvalue weighted by Crippen LogP contribution is -2.60. The molecule has 0 amide bonds. The van der Waals surface area contributed by atoms with Gasteiger partial charge in [-0.15, -0.1) is 11.7 Å². The maximum absolute atomic E-state index is 12.5. The molecule has 1 aromatic carbocycles. The van der Waals surface area contributed by atoms with Gasteiger partial charge in [-0.05, 0) is 12.8 Å². The fourth-order valence-corrected chi connectivity index (χ4v) is 3.86. The SMILES string of the molecule is O=C(Oc1c[n-]c2ccccc12)C1OC(O)(C2(O)CCCC2)C(O)C1O. The number of fused-ring (bicyclic) bond motifs is 1. The van der Waals surface area contributed by atoms with E-state index in [0.717, 1.165) is 0 Å². The van der Waals surface area contributed by atoms with E-state index >= 15 is 0 Å². The van der Waals surface area contributed by atoms with Gasteiger partial charge in [0, 0.05) is 5.39 Å². The van der Waals surface area contributed by atoms with Crippen molar-refractivity contribution in [2.24, 2.45) is 0 Å². The van der Waals surface area contributed by atoms with Crippen molar-refractivity contribution in [2.75, 3.05) is 0 Å². The summed E-state index contributed by atoms with van der Waals surface area (Å²) in [6, 6.07) is 7.04. The van der Waals surface area contributed by atoms with Crippen LogP contribution in [0.15, 0.2) is 30.5 Å². The third kappa shape index (κ3) is 2.45. The Hall–Kier alpha value is -1.97. The number of aliphatic hydroxyl groups is 4. The summed E-state index contributed by atoms with van der Waals surface area (Å²) in [5.74, 6) is -3.23. The Balaban J connectivity index is 1.57. The molecule has 0 bridgehead atoms. The van der Waals surface area contributed by atoms with E-state index in [1.54, 1.807) is 24.3 Å². The first kappa shape index (κ1) is 17.4. The molecule has 4 N–H and O–H groups in total. The molecular weight excluding hydrogens is 342 g/mol. The Labute approximate surface area is 149 Å². The number of para-hydroxylation sites is 1. The normalized spacial score (nSPS) is 33.6. The standard InChI is InChI=1S/C18H20NO7/c20-13-14(26-18(24,15(13)21)17(23)7-3-4-8-17)16(22)25-12-9-19-11-6-2-1-5-10(11)12/h1-2,5-6,9,13-15,20-21,23-24H,3-4,7-8H2/q-1. The van der Waals surface area contributed by atoms with Crippen LogP contribution in [0.3, 0.4) is 0 Å². The molecule has 140 valence electrons. The summed E-state index contributed by atoms with van der Waals surface area (Å²) in [6.07, 6.45) is -2.13. The summed E-state index contributed by atoms with van der Waals surface area (Å²) in [6.45, 7) is 0. The van der Waals surface area contributed by atoms with Crippen LogP contribution in [-0.4, -0.2) is 56.1 Å². The number of carbonyl (C=O) groups is 1. The zero-order valence-electron chi connectivity index (χ0n) is 13.9. The maximum Gasteiger partial charge on any atom is 0.343 e. The van der Waals surface area contributed by atoms with Gasteiger partial charge in [-0.1, -0.05) is 37.1 Å². The minimum atomic E-state index is -2.43. The minimum Gasteiger partial charge on any atom is -0.661 e. The lowest BCUT2D eigenvalue weighted by atomic mass is 9.86. The third-order valence-corrected chi connectivity index (χ3v) is 5.37. The second kappa shape index (κ2) is 6.04. The summed E-state index contributed by atoms with van der Waals surface area (Å²) in [5.41, 5.74) is -1.09. The van der Waals surface area contributed by atoms with Crippen molar-refractivity contribution in [1.29, 1.82) is 0 Å². The molecule has 8 nitrogen and oxygen atoms in total. The lowest BCUT2D eigenvalue weighted by molar-refractivity contribution is -0.313. The van der Waals surface area contributed by atoms with Gasteiger partial charge >= 0.3 is 5.97 Å². The van der Waals surface area contributed by atoms with Crippen LogP contribution < -0.4 is 9.72 Å². The van der Waals surface area contributed by atoms with Crippen molar-refractivity contribution in [2.45, 2.75) is 55.4 Å².